The average molecular weight is 434 g/mol. The first-order chi connectivity index (χ1) is 14.2. The minimum absolute atomic E-state index is 0.184. The number of methoxy groups -OCH3 is 1. The summed E-state index contributed by atoms with van der Waals surface area (Å²) in [4.78, 5) is 20.7. The fraction of sp³-hybridized carbons (Fsp3) is 0.381. The lowest BCUT2D eigenvalue weighted by Gasteiger charge is -2.26. The molecule has 1 aromatic heterocycles. The van der Waals surface area contributed by atoms with Crippen LogP contribution in [0.25, 0.3) is 5.70 Å². The highest BCUT2D eigenvalue weighted by Crippen LogP contribution is 2.28. The van der Waals surface area contributed by atoms with Gasteiger partial charge in [-0.1, -0.05) is 23.7 Å². The first kappa shape index (κ1) is 20.2. The molecule has 2 unspecified atom stereocenters. The zero-order valence-corrected chi connectivity index (χ0v) is 17.8. The largest absolute Gasteiger partial charge is 0.383 e. The predicted octanol–water partition coefficient (Wildman–Crippen LogP) is 3.69. The van der Waals surface area contributed by atoms with Crippen molar-refractivity contribution in [3.05, 3.63) is 57.3 Å². The Morgan fingerprint density at radius 3 is 2.93 bits per heavy atom. The molecule has 154 valence electrons. The molecule has 1 fully saturated rings. The van der Waals surface area contributed by atoms with Crippen LogP contribution in [0, 0.1) is 0 Å². The SMILES string of the molecule is COCC1CCCN1c1ccc(C2=CC(CNC(=O)c3sccc3Cl)ON2)cc1. The zero-order chi connectivity index (χ0) is 20.2. The lowest BCUT2D eigenvalue weighted by atomic mass is 10.1. The van der Waals surface area contributed by atoms with Crippen LogP contribution in [-0.4, -0.2) is 44.9 Å². The second kappa shape index (κ2) is 9.17. The van der Waals surface area contributed by atoms with Crippen molar-refractivity contribution in [2.45, 2.75) is 25.0 Å². The van der Waals surface area contributed by atoms with E-state index in [1.807, 2.05) is 6.08 Å². The van der Waals surface area contributed by atoms with Gasteiger partial charge in [0, 0.05) is 19.3 Å². The minimum atomic E-state index is -0.239. The van der Waals surface area contributed by atoms with Gasteiger partial charge in [0.25, 0.3) is 5.91 Å². The van der Waals surface area contributed by atoms with E-state index in [1.54, 1.807) is 18.6 Å². The Morgan fingerprint density at radius 1 is 1.38 bits per heavy atom. The van der Waals surface area contributed by atoms with Gasteiger partial charge in [0.15, 0.2) is 0 Å². The van der Waals surface area contributed by atoms with Crippen LogP contribution in [0.15, 0.2) is 41.8 Å². The minimum Gasteiger partial charge on any atom is -0.383 e. The number of nitrogens with one attached hydrogen (secondary N) is 2. The van der Waals surface area contributed by atoms with Crippen LogP contribution in [0.2, 0.25) is 5.02 Å². The summed E-state index contributed by atoms with van der Waals surface area (Å²) in [6.07, 6.45) is 4.10. The van der Waals surface area contributed by atoms with Crippen LogP contribution >= 0.6 is 22.9 Å². The third-order valence-electron chi connectivity index (χ3n) is 5.21. The Kier molecular flexibility index (Phi) is 6.40. The third kappa shape index (κ3) is 4.59. The lowest BCUT2D eigenvalue weighted by Crippen LogP contribution is -2.32. The number of hydroxylamine groups is 1. The van der Waals surface area contributed by atoms with Gasteiger partial charge in [-0.15, -0.1) is 11.3 Å². The number of halogens is 1. The topological polar surface area (TPSA) is 62.8 Å². The number of anilines is 1. The van der Waals surface area contributed by atoms with E-state index in [9.17, 15) is 4.79 Å². The van der Waals surface area contributed by atoms with Crippen molar-refractivity contribution >= 4 is 40.2 Å². The molecule has 0 saturated carbocycles. The average Bonchev–Trinajstić information content (AvgIpc) is 3.47. The van der Waals surface area contributed by atoms with Crippen molar-refractivity contribution in [2.24, 2.45) is 0 Å². The molecule has 1 aromatic carbocycles. The molecule has 0 radical (unpaired) electrons. The van der Waals surface area contributed by atoms with E-state index < -0.39 is 0 Å². The van der Waals surface area contributed by atoms with Crippen molar-refractivity contribution in [2.75, 3.05) is 31.7 Å². The summed E-state index contributed by atoms with van der Waals surface area (Å²) < 4.78 is 5.35. The molecular weight excluding hydrogens is 410 g/mol. The van der Waals surface area contributed by atoms with E-state index >= 15 is 0 Å². The summed E-state index contributed by atoms with van der Waals surface area (Å²) in [5, 5.41) is 5.13. The summed E-state index contributed by atoms with van der Waals surface area (Å²) in [7, 11) is 1.76. The smallest absolute Gasteiger partial charge is 0.262 e. The van der Waals surface area contributed by atoms with E-state index in [2.05, 4.69) is 40.0 Å². The normalized spacial score (nSPS) is 21.2. The van der Waals surface area contributed by atoms with E-state index in [4.69, 9.17) is 21.2 Å². The second-order valence-corrected chi connectivity index (χ2v) is 8.46. The van der Waals surface area contributed by atoms with Crippen molar-refractivity contribution in [1.82, 2.24) is 10.8 Å². The highest BCUT2D eigenvalue weighted by Gasteiger charge is 2.25. The molecule has 3 heterocycles. The molecular formula is C21H24ClN3O3S. The monoisotopic (exact) mass is 433 g/mol. The highest BCUT2D eigenvalue weighted by molar-refractivity contribution is 7.12. The molecule has 2 aliphatic heterocycles. The standard InChI is InChI=1S/C21H24ClN3O3S/c1-27-13-16-3-2-9-25(16)15-6-4-14(5-7-15)19-11-17(28-24-19)12-23-21(26)20-18(22)8-10-29-20/h4-8,10-11,16-17,24H,2-3,9,12-13H2,1H3,(H,23,26). The number of hydrogen-bond acceptors (Lipinski definition) is 6. The van der Waals surface area contributed by atoms with E-state index in [0.717, 1.165) is 24.4 Å². The van der Waals surface area contributed by atoms with Crippen molar-refractivity contribution in [1.29, 1.82) is 0 Å². The molecule has 1 amide bonds. The number of hydrogen-bond donors (Lipinski definition) is 2. The summed E-state index contributed by atoms with van der Waals surface area (Å²) >= 11 is 7.33. The molecule has 1 saturated heterocycles. The molecule has 4 rings (SSSR count). The van der Waals surface area contributed by atoms with Crippen LogP contribution in [0.5, 0.6) is 0 Å². The summed E-state index contributed by atoms with van der Waals surface area (Å²) in [6.45, 7) is 2.19. The molecule has 0 spiro atoms. The summed E-state index contributed by atoms with van der Waals surface area (Å²) in [5.74, 6) is -0.184. The van der Waals surface area contributed by atoms with Crippen LogP contribution in [-0.2, 0) is 9.57 Å². The second-order valence-electron chi connectivity index (χ2n) is 7.14. The van der Waals surface area contributed by atoms with Gasteiger partial charge in [-0.25, -0.2) is 0 Å². The maximum atomic E-state index is 12.2. The Balaban J connectivity index is 1.35. The van der Waals surface area contributed by atoms with Crippen molar-refractivity contribution < 1.29 is 14.4 Å². The van der Waals surface area contributed by atoms with E-state index in [1.165, 1.54) is 29.9 Å². The number of thiophene rings is 1. The summed E-state index contributed by atoms with van der Waals surface area (Å²) in [5.41, 5.74) is 6.13. The molecule has 2 aliphatic rings. The molecule has 0 bridgehead atoms. The molecule has 0 aliphatic carbocycles. The van der Waals surface area contributed by atoms with Gasteiger partial charge in [0.05, 0.1) is 29.9 Å². The van der Waals surface area contributed by atoms with Crippen LogP contribution in [0.4, 0.5) is 5.69 Å². The van der Waals surface area contributed by atoms with E-state index in [-0.39, 0.29) is 12.0 Å². The number of carbonyl (C=O) groups excluding carboxylic acids is 1. The van der Waals surface area contributed by atoms with Gasteiger partial charge in [-0.2, -0.15) is 0 Å². The molecule has 2 N–H and O–H groups in total. The Hall–Kier alpha value is -2.06. The first-order valence-corrected chi connectivity index (χ1v) is 10.9. The van der Waals surface area contributed by atoms with Crippen molar-refractivity contribution in [3.8, 4) is 0 Å². The lowest BCUT2D eigenvalue weighted by molar-refractivity contribution is 0.0499. The van der Waals surface area contributed by atoms with Gasteiger partial charge in [-0.05, 0) is 48.1 Å². The molecule has 29 heavy (non-hydrogen) atoms. The zero-order valence-electron chi connectivity index (χ0n) is 16.2. The van der Waals surface area contributed by atoms with Crippen LogP contribution in [0.1, 0.15) is 28.1 Å². The quantitative estimate of drug-likeness (QED) is 0.697. The maximum absolute atomic E-state index is 12.2. The van der Waals surface area contributed by atoms with Gasteiger partial charge >= 0.3 is 0 Å². The predicted molar refractivity (Wildman–Crippen MR) is 116 cm³/mol. The third-order valence-corrected chi connectivity index (χ3v) is 6.55. The number of benzene rings is 1. The number of amides is 1. The fourth-order valence-corrected chi connectivity index (χ4v) is 4.81. The first-order valence-electron chi connectivity index (χ1n) is 9.66. The number of carbonyl (C=O) groups is 1. The molecule has 2 atom stereocenters. The van der Waals surface area contributed by atoms with Gasteiger partial charge in [-0.3, -0.25) is 15.1 Å². The van der Waals surface area contributed by atoms with Gasteiger partial charge < -0.3 is 15.0 Å². The maximum Gasteiger partial charge on any atom is 0.262 e. The number of rotatable bonds is 7. The van der Waals surface area contributed by atoms with Gasteiger partial charge in [0.2, 0.25) is 0 Å². The fourth-order valence-electron chi connectivity index (χ4n) is 3.75. The number of nitrogens with zero attached hydrogens (tertiary/aromatic N) is 1. The Morgan fingerprint density at radius 2 is 2.21 bits per heavy atom. The van der Waals surface area contributed by atoms with Crippen molar-refractivity contribution in [3.63, 3.8) is 0 Å². The Labute approximate surface area is 179 Å². The molecule has 6 nitrogen and oxygen atoms in total. The summed E-state index contributed by atoms with van der Waals surface area (Å²) in [6, 6.07) is 10.6. The van der Waals surface area contributed by atoms with Crippen LogP contribution < -0.4 is 15.7 Å². The number of ether oxygens (including phenoxy) is 1. The Bertz CT molecular complexity index is 884. The van der Waals surface area contributed by atoms with E-state index in [0.29, 0.717) is 22.5 Å². The molecule has 2 aromatic rings. The molecule has 8 heteroatoms. The highest BCUT2D eigenvalue weighted by atomic mass is 35.5. The van der Waals surface area contributed by atoms with Gasteiger partial charge in [0.1, 0.15) is 11.0 Å². The van der Waals surface area contributed by atoms with Crippen LogP contribution in [0.3, 0.4) is 0 Å².